The van der Waals surface area contributed by atoms with Crippen LogP contribution in [-0.4, -0.2) is 30.9 Å². The molecular weight excluding hydrogens is 205 g/mol. The molecule has 1 fully saturated rings. The molecule has 0 amide bonds. The summed E-state index contributed by atoms with van der Waals surface area (Å²) in [5, 5.41) is 0. The van der Waals surface area contributed by atoms with E-state index in [-0.39, 0.29) is 18.8 Å². The van der Waals surface area contributed by atoms with Crippen LogP contribution >= 0.6 is 0 Å². The molecule has 1 aromatic rings. The van der Waals surface area contributed by atoms with E-state index in [4.69, 9.17) is 14.0 Å². The fourth-order valence-corrected chi connectivity index (χ4v) is 1.55. The van der Waals surface area contributed by atoms with Crippen molar-refractivity contribution in [2.24, 2.45) is 0 Å². The summed E-state index contributed by atoms with van der Waals surface area (Å²) in [7, 11) is 1.26. The Balaban J connectivity index is 2.14. The average Bonchev–Trinajstić information content (AvgIpc) is 2.54. The lowest BCUT2D eigenvalue weighted by Gasteiger charge is -2.21. The molecule has 1 atom stereocenters. The van der Waals surface area contributed by atoms with E-state index in [1.807, 2.05) is 26.8 Å². The molecule has 16 heavy (non-hydrogen) atoms. The summed E-state index contributed by atoms with van der Waals surface area (Å²) in [4.78, 5) is 4.13. The zero-order valence-corrected chi connectivity index (χ0v) is 10.1. The van der Waals surface area contributed by atoms with Crippen molar-refractivity contribution in [2.75, 3.05) is 7.11 Å². The Kier molecular flexibility index (Phi) is 2.91. The quantitative estimate of drug-likeness (QED) is 0.698. The Morgan fingerprint density at radius 2 is 2.19 bits per heavy atom. The van der Waals surface area contributed by atoms with Gasteiger partial charge in [0, 0.05) is 11.7 Å². The van der Waals surface area contributed by atoms with Crippen molar-refractivity contribution < 1.29 is 14.0 Å². The van der Waals surface area contributed by atoms with E-state index in [9.17, 15) is 0 Å². The maximum atomic E-state index is 5.82. The SMILES string of the molecule is COc1ccc(B2OC(C)C(C)(C)O2)cn1. The number of hydrogen-bond donors (Lipinski definition) is 0. The number of rotatable bonds is 2. The van der Waals surface area contributed by atoms with Gasteiger partial charge in [0.05, 0.1) is 18.8 Å². The highest BCUT2D eigenvalue weighted by molar-refractivity contribution is 6.61. The maximum Gasteiger partial charge on any atom is 0.496 e. The molecule has 0 radical (unpaired) electrons. The van der Waals surface area contributed by atoms with Crippen molar-refractivity contribution >= 4 is 12.6 Å². The van der Waals surface area contributed by atoms with Crippen LogP contribution in [0.15, 0.2) is 18.3 Å². The second kappa shape index (κ2) is 4.07. The summed E-state index contributed by atoms with van der Waals surface area (Å²) < 4.78 is 16.6. The van der Waals surface area contributed by atoms with Gasteiger partial charge in [0.25, 0.3) is 0 Å². The predicted molar refractivity (Wildman–Crippen MR) is 61.9 cm³/mol. The first-order chi connectivity index (χ1) is 7.53. The molecule has 4 nitrogen and oxygen atoms in total. The van der Waals surface area contributed by atoms with Crippen molar-refractivity contribution in [1.29, 1.82) is 0 Å². The molecule has 0 aromatic carbocycles. The number of ether oxygens (including phenoxy) is 1. The first-order valence-corrected chi connectivity index (χ1v) is 5.36. The fourth-order valence-electron chi connectivity index (χ4n) is 1.55. The van der Waals surface area contributed by atoms with Crippen LogP contribution in [0.2, 0.25) is 0 Å². The third-order valence-corrected chi connectivity index (χ3v) is 2.96. The van der Waals surface area contributed by atoms with Gasteiger partial charge >= 0.3 is 7.12 Å². The van der Waals surface area contributed by atoms with Gasteiger partial charge in [-0.1, -0.05) is 6.07 Å². The molecule has 1 unspecified atom stereocenters. The third-order valence-electron chi connectivity index (χ3n) is 2.96. The second-order valence-electron chi connectivity index (χ2n) is 4.47. The fraction of sp³-hybridized carbons (Fsp3) is 0.545. The van der Waals surface area contributed by atoms with Gasteiger partial charge in [0.15, 0.2) is 0 Å². The largest absolute Gasteiger partial charge is 0.496 e. The summed E-state index contributed by atoms with van der Waals surface area (Å²) in [5.41, 5.74) is 0.656. The molecule has 1 aliphatic heterocycles. The molecule has 0 spiro atoms. The van der Waals surface area contributed by atoms with Crippen LogP contribution in [0, 0.1) is 0 Å². The van der Waals surface area contributed by atoms with Gasteiger partial charge in [0.2, 0.25) is 5.88 Å². The molecule has 0 N–H and O–H groups in total. The van der Waals surface area contributed by atoms with E-state index in [0.717, 1.165) is 5.46 Å². The van der Waals surface area contributed by atoms with E-state index >= 15 is 0 Å². The minimum atomic E-state index is -0.330. The van der Waals surface area contributed by atoms with Gasteiger partial charge in [0.1, 0.15) is 0 Å². The van der Waals surface area contributed by atoms with Crippen LogP contribution in [0.25, 0.3) is 0 Å². The molecule has 86 valence electrons. The number of nitrogens with zero attached hydrogens (tertiary/aromatic N) is 1. The van der Waals surface area contributed by atoms with E-state index in [1.165, 1.54) is 0 Å². The van der Waals surface area contributed by atoms with Crippen molar-refractivity contribution in [2.45, 2.75) is 32.5 Å². The summed E-state index contributed by atoms with van der Waals surface area (Å²) in [6.45, 7) is 6.06. The van der Waals surface area contributed by atoms with Crippen LogP contribution in [0.1, 0.15) is 20.8 Å². The van der Waals surface area contributed by atoms with Crippen LogP contribution < -0.4 is 10.2 Å². The van der Waals surface area contributed by atoms with Crippen molar-refractivity contribution in [1.82, 2.24) is 4.98 Å². The molecule has 2 heterocycles. The second-order valence-corrected chi connectivity index (χ2v) is 4.47. The van der Waals surface area contributed by atoms with Gasteiger partial charge in [-0.05, 0) is 26.8 Å². The molecule has 1 saturated heterocycles. The minimum Gasteiger partial charge on any atom is -0.481 e. The number of pyridine rings is 1. The Morgan fingerprint density at radius 3 is 2.62 bits per heavy atom. The van der Waals surface area contributed by atoms with E-state index in [0.29, 0.717) is 5.88 Å². The number of hydrogen-bond acceptors (Lipinski definition) is 4. The summed E-state index contributed by atoms with van der Waals surface area (Å²) >= 11 is 0. The molecular formula is C11H16BNO3. The Labute approximate surface area is 96.1 Å². The van der Waals surface area contributed by atoms with Crippen LogP contribution in [0.3, 0.4) is 0 Å². The highest BCUT2D eigenvalue weighted by atomic mass is 16.7. The monoisotopic (exact) mass is 221 g/mol. The Hall–Kier alpha value is -1.07. The zero-order chi connectivity index (χ0) is 11.8. The van der Waals surface area contributed by atoms with Crippen molar-refractivity contribution in [3.63, 3.8) is 0 Å². The van der Waals surface area contributed by atoms with E-state index in [2.05, 4.69) is 4.98 Å². The summed E-state index contributed by atoms with van der Waals surface area (Å²) in [5.74, 6) is 0.592. The van der Waals surface area contributed by atoms with E-state index < -0.39 is 0 Å². The van der Waals surface area contributed by atoms with Gasteiger partial charge in [-0.15, -0.1) is 0 Å². The minimum absolute atomic E-state index is 0.0691. The first-order valence-electron chi connectivity index (χ1n) is 5.36. The van der Waals surface area contributed by atoms with Gasteiger partial charge in [-0.2, -0.15) is 0 Å². The molecule has 5 heteroatoms. The van der Waals surface area contributed by atoms with Crippen LogP contribution in [-0.2, 0) is 9.31 Å². The first kappa shape index (κ1) is 11.4. The van der Waals surface area contributed by atoms with E-state index in [1.54, 1.807) is 19.4 Å². The maximum absolute atomic E-state index is 5.82. The van der Waals surface area contributed by atoms with Crippen LogP contribution in [0.4, 0.5) is 0 Å². The molecule has 0 aliphatic carbocycles. The molecule has 1 aliphatic rings. The van der Waals surface area contributed by atoms with Gasteiger partial charge in [-0.3, -0.25) is 0 Å². The van der Waals surface area contributed by atoms with Gasteiger partial charge in [-0.25, -0.2) is 4.98 Å². The smallest absolute Gasteiger partial charge is 0.481 e. The molecule has 1 aromatic heterocycles. The lowest BCUT2D eigenvalue weighted by atomic mass is 9.80. The molecule has 2 rings (SSSR count). The average molecular weight is 221 g/mol. The van der Waals surface area contributed by atoms with Crippen molar-refractivity contribution in [3.8, 4) is 5.88 Å². The number of aromatic nitrogens is 1. The lowest BCUT2D eigenvalue weighted by Crippen LogP contribution is -2.34. The standard InChI is InChI=1S/C11H16BNO3/c1-8-11(2,3)16-12(15-8)9-5-6-10(14-4)13-7-9/h5-8H,1-4H3. The Bertz CT molecular complexity index is 366. The normalized spacial score (nSPS) is 23.5. The predicted octanol–water partition coefficient (Wildman–Crippen LogP) is 0.999. The van der Waals surface area contributed by atoms with Crippen LogP contribution in [0.5, 0.6) is 5.88 Å². The molecule has 0 bridgehead atoms. The molecule has 0 saturated carbocycles. The van der Waals surface area contributed by atoms with Crippen molar-refractivity contribution in [3.05, 3.63) is 18.3 Å². The third kappa shape index (κ3) is 2.06. The summed E-state index contributed by atoms with van der Waals surface area (Å²) in [6.07, 6.45) is 1.79. The highest BCUT2D eigenvalue weighted by Gasteiger charge is 2.43. The Morgan fingerprint density at radius 1 is 1.44 bits per heavy atom. The highest BCUT2D eigenvalue weighted by Crippen LogP contribution is 2.26. The van der Waals surface area contributed by atoms with Gasteiger partial charge < -0.3 is 14.0 Å². The summed E-state index contributed by atoms with van der Waals surface area (Å²) in [6, 6.07) is 3.71. The topological polar surface area (TPSA) is 40.6 Å². The lowest BCUT2D eigenvalue weighted by molar-refractivity contribution is 0.0842. The zero-order valence-electron chi connectivity index (χ0n) is 10.1. The number of methoxy groups -OCH3 is 1.